The molecule has 0 unspecified atom stereocenters. The second kappa shape index (κ2) is 5.02. The summed E-state index contributed by atoms with van der Waals surface area (Å²) in [6, 6.07) is 7.64. The zero-order chi connectivity index (χ0) is 12.4. The Balaban J connectivity index is 1.96. The van der Waals surface area contributed by atoms with Crippen LogP contribution in [0.5, 0.6) is 0 Å². The molecule has 0 N–H and O–H groups in total. The van der Waals surface area contributed by atoms with E-state index >= 15 is 0 Å². The Morgan fingerprint density at radius 2 is 2.00 bits per heavy atom. The number of nitrogens with zero attached hydrogens (tertiary/aromatic N) is 2. The fraction of sp³-hybridized carbons (Fsp3) is 0.333. The lowest BCUT2D eigenvalue weighted by molar-refractivity contribution is -0.124. The van der Waals surface area contributed by atoms with Gasteiger partial charge in [-0.25, -0.2) is 0 Å². The van der Waals surface area contributed by atoms with Crippen LogP contribution in [0.4, 0.5) is 0 Å². The largest absolute Gasteiger partial charge is 0.343 e. The van der Waals surface area contributed by atoms with Crippen LogP contribution in [-0.4, -0.2) is 41.0 Å². The molecule has 1 aliphatic rings. The Kier molecular flexibility index (Phi) is 3.64. The number of benzene rings is 1. The maximum atomic E-state index is 11.6. The standard InChI is InChI=1S/C12H13ClN2OS/c1-14-8-11(16)15(12(14)17)7-6-9-2-4-10(13)5-3-9/h2-5H,6-8H2,1H3. The molecule has 90 valence electrons. The maximum Gasteiger partial charge on any atom is 0.248 e. The van der Waals surface area contributed by atoms with Crippen molar-refractivity contribution in [3.63, 3.8) is 0 Å². The highest BCUT2D eigenvalue weighted by molar-refractivity contribution is 7.80. The van der Waals surface area contributed by atoms with Crippen LogP contribution in [0.2, 0.25) is 5.02 Å². The lowest BCUT2D eigenvalue weighted by atomic mass is 10.1. The van der Waals surface area contributed by atoms with Crippen molar-refractivity contribution in [3.8, 4) is 0 Å². The van der Waals surface area contributed by atoms with Crippen molar-refractivity contribution in [1.29, 1.82) is 0 Å². The number of hydrogen-bond donors (Lipinski definition) is 0. The number of halogens is 1. The molecule has 3 nitrogen and oxygen atoms in total. The fourth-order valence-corrected chi connectivity index (χ4v) is 2.16. The molecule has 0 spiro atoms. The van der Waals surface area contributed by atoms with Crippen LogP contribution < -0.4 is 0 Å². The minimum absolute atomic E-state index is 0.0754. The summed E-state index contributed by atoms with van der Waals surface area (Å²) in [6.45, 7) is 1.02. The molecule has 5 heteroatoms. The molecule has 2 rings (SSSR count). The highest BCUT2D eigenvalue weighted by atomic mass is 35.5. The first-order valence-electron chi connectivity index (χ1n) is 5.38. The van der Waals surface area contributed by atoms with Gasteiger partial charge in [-0.1, -0.05) is 23.7 Å². The van der Waals surface area contributed by atoms with E-state index in [0.29, 0.717) is 18.2 Å². The van der Waals surface area contributed by atoms with Gasteiger partial charge in [0.05, 0.1) is 6.54 Å². The fourth-order valence-electron chi connectivity index (χ4n) is 1.78. The van der Waals surface area contributed by atoms with E-state index in [1.807, 2.05) is 31.3 Å². The van der Waals surface area contributed by atoms with E-state index in [1.165, 1.54) is 0 Å². The third-order valence-electron chi connectivity index (χ3n) is 2.77. The number of carbonyl (C=O) groups is 1. The molecule has 1 aromatic rings. The predicted octanol–water partition coefficient (Wildman–Crippen LogP) is 1.94. The molecule has 0 aromatic heterocycles. The molecule has 1 heterocycles. The average Bonchev–Trinajstić information content (AvgIpc) is 2.54. The van der Waals surface area contributed by atoms with Crippen molar-refractivity contribution in [1.82, 2.24) is 9.80 Å². The van der Waals surface area contributed by atoms with Crippen molar-refractivity contribution in [3.05, 3.63) is 34.9 Å². The summed E-state index contributed by atoms with van der Waals surface area (Å²) < 4.78 is 0. The molecule has 0 atom stereocenters. The van der Waals surface area contributed by atoms with Gasteiger partial charge >= 0.3 is 0 Å². The van der Waals surface area contributed by atoms with Gasteiger partial charge in [0.2, 0.25) is 5.91 Å². The van der Waals surface area contributed by atoms with Crippen LogP contribution in [0.15, 0.2) is 24.3 Å². The molecule has 0 aliphatic carbocycles. The number of rotatable bonds is 3. The van der Waals surface area contributed by atoms with Gasteiger partial charge in [0, 0.05) is 18.6 Å². The van der Waals surface area contributed by atoms with E-state index in [-0.39, 0.29) is 5.91 Å². The van der Waals surface area contributed by atoms with E-state index in [4.69, 9.17) is 23.8 Å². The second-order valence-electron chi connectivity index (χ2n) is 4.06. The molecular weight excluding hydrogens is 256 g/mol. The Hall–Kier alpha value is -1.13. The van der Waals surface area contributed by atoms with Crippen molar-refractivity contribution in [2.75, 3.05) is 20.1 Å². The van der Waals surface area contributed by atoms with Crippen LogP contribution >= 0.6 is 23.8 Å². The summed E-state index contributed by atoms with van der Waals surface area (Å²) in [6.07, 6.45) is 0.789. The SMILES string of the molecule is CN1CC(=O)N(CCc2ccc(Cl)cc2)C1=S. The molecule has 1 amide bonds. The number of likely N-dealkylation sites (N-methyl/N-ethyl adjacent to an activating group) is 1. The van der Waals surface area contributed by atoms with Gasteiger partial charge in [-0.15, -0.1) is 0 Å². The first kappa shape index (κ1) is 12.3. The molecular formula is C12H13ClN2OS. The average molecular weight is 269 g/mol. The Bertz CT molecular complexity index is 446. The molecule has 0 saturated carbocycles. The van der Waals surface area contributed by atoms with Crippen LogP contribution in [0.25, 0.3) is 0 Å². The van der Waals surface area contributed by atoms with Gasteiger partial charge in [0.15, 0.2) is 5.11 Å². The van der Waals surface area contributed by atoms with Crippen LogP contribution in [-0.2, 0) is 11.2 Å². The Labute approximate surface area is 111 Å². The summed E-state index contributed by atoms with van der Waals surface area (Å²) in [5.41, 5.74) is 1.15. The molecule has 1 aromatic carbocycles. The van der Waals surface area contributed by atoms with Gasteiger partial charge in [-0.2, -0.15) is 0 Å². The number of carbonyl (C=O) groups excluding carboxylic acids is 1. The minimum atomic E-state index is 0.0754. The van der Waals surface area contributed by atoms with Crippen LogP contribution in [0, 0.1) is 0 Å². The maximum absolute atomic E-state index is 11.6. The quantitative estimate of drug-likeness (QED) is 0.783. The van der Waals surface area contributed by atoms with Crippen LogP contribution in [0.1, 0.15) is 5.56 Å². The van der Waals surface area contributed by atoms with Crippen LogP contribution in [0.3, 0.4) is 0 Å². The van der Waals surface area contributed by atoms with Gasteiger partial charge in [0.25, 0.3) is 0 Å². The molecule has 0 radical (unpaired) electrons. The van der Waals surface area contributed by atoms with Gasteiger partial charge in [-0.05, 0) is 36.3 Å². The van der Waals surface area contributed by atoms with Crippen molar-refractivity contribution >= 4 is 34.8 Å². The van der Waals surface area contributed by atoms with Crippen molar-refractivity contribution in [2.24, 2.45) is 0 Å². The topological polar surface area (TPSA) is 23.6 Å². The Morgan fingerprint density at radius 3 is 2.53 bits per heavy atom. The molecule has 1 saturated heterocycles. The smallest absolute Gasteiger partial charge is 0.248 e. The van der Waals surface area contributed by atoms with Gasteiger partial charge in [-0.3, -0.25) is 9.69 Å². The van der Waals surface area contributed by atoms with E-state index in [9.17, 15) is 4.79 Å². The molecule has 1 aliphatic heterocycles. The highest BCUT2D eigenvalue weighted by Crippen LogP contribution is 2.13. The minimum Gasteiger partial charge on any atom is -0.343 e. The highest BCUT2D eigenvalue weighted by Gasteiger charge is 2.29. The summed E-state index contributed by atoms with van der Waals surface area (Å²) in [5.74, 6) is 0.0754. The third-order valence-corrected chi connectivity index (χ3v) is 3.55. The summed E-state index contributed by atoms with van der Waals surface area (Å²) in [7, 11) is 1.84. The first-order chi connectivity index (χ1) is 8.08. The van der Waals surface area contributed by atoms with E-state index < -0.39 is 0 Å². The lowest BCUT2D eigenvalue weighted by Gasteiger charge is -2.16. The zero-order valence-electron chi connectivity index (χ0n) is 9.52. The first-order valence-corrected chi connectivity index (χ1v) is 6.16. The monoisotopic (exact) mass is 268 g/mol. The predicted molar refractivity (Wildman–Crippen MR) is 72.1 cm³/mol. The summed E-state index contributed by atoms with van der Waals surface area (Å²) in [5, 5.41) is 1.34. The van der Waals surface area contributed by atoms with E-state index in [2.05, 4.69) is 0 Å². The zero-order valence-corrected chi connectivity index (χ0v) is 11.1. The van der Waals surface area contributed by atoms with E-state index in [0.717, 1.165) is 17.0 Å². The summed E-state index contributed by atoms with van der Waals surface area (Å²) in [4.78, 5) is 15.1. The van der Waals surface area contributed by atoms with E-state index in [1.54, 1.807) is 9.80 Å². The van der Waals surface area contributed by atoms with Crippen molar-refractivity contribution in [2.45, 2.75) is 6.42 Å². The second-order valence-corrected chi connectivity index (χ2v) is 4.86. The number of hydrogen-bond acceptors (Lipinski definition) is 2. The molecule has 1 fully saturated rings. The number of amides is 1. The third kappa shape index (κ3) is 2.76. The molecule has 0 bridgehead atoms. The van der Waals surface area contributed by atoms with Gasteiger partial charge in [0.1, 0.15) is 0 Å². The summed E-state index contributed by atoms with van der Waals surface area (Å²) >= 11 is 11.0. The Morgan fingerprint density at radius 1 is 1.35 bits per heavy atom. The van der Waals surface area contributed by atoms with Gasteiger partial charge < -0.3 is 4.90 Å². The number of thiocarbonyl (C=S) groups is 1. The normalized spacial score (nSPS) is 15.9. The molecule has 17 heavy (non-hydrogen) atoms. The lowest BCUT2D eigenvalue weighted by Crippen LogP contribution is -2.33. The van der Waals surface area contributed by atoms with Crippen molar-refractivity contribution < 1.29 is 4.79 Å².